The Bertz CT molecular complexity index is 1220. The molecule has 29 heavy (non-hydrogen) atoms. The van der Waals surface area contributed by atoms with Crippen molar-refractivity contribution in [1.29, 1.82) is 0 Å². The van der Waals surface area contributed by atoms with E-state index in [1.54, 1.807) is 19.2 Å². The van der Waals surface area contributed by atoms with Crippen LogP contribution in [0.5, 0.6) is 5.75 Å². The van der Waals surface area contributed by atoms with Crippen LogP contribution in [0.2, 0.25) is 0 Å². The molecule has 2 N–H and O–H groups in total. The zero-order valence-electron chi connectivity index (χ0n) is 15.5. The fraction of sp³-hybridized carbons (Fsp3) is 0.100. The number of rotatable bonds is 6. The number of aromatic nitrogens is 4. The van der Waals surface area contributed by atoms with Crippen LogP contribution < -0.4 is 15.6 Å². The fourth-order valence-corrected chi connectivity index (χ4v) is 3.51. The van der Waals surface area contributed by atoms with E-state index in [0.717, 1.165) is 5.56 Å². The van der Waals surface area contributed by atoms with Gasteiger partial charge in [0.25, 0.3) is 5.56 Å². The predicted octanol–water partition coefficient (Wildman–Crippen LogP) is 2.82. The standard InChI is InChI=1S/C20H17N5O3S/c1-28-15-10-6-5-9-14(15)21-18(27)12-29-20-23-19(13-7-3-2-4-8-13)22-16-11-17(26)24-25(16)20/h2-11H,12H2,1H3,(H,21,27)(H,24,26). The number of thioether (sulfide) groups is 1. The quantitative estimate of drug-likeness (QED) is 0.477. The summed E-state index contributed by atoms with van der Waals surface area (Å²) in [4.78, 5) is 33.2. The molecule has 0 radical (unpaired) electrons. The molecule has 0 saturated carbocycles. The van der Waals surface area contributed by atoms with Crippen molar-refractivity contribution in [3.05, 3.63) is 71.0 Å². The number of benzene rings is 2. The lowest BCUT2D eigenvalue weighted by molar-refractivity contribution is -0.113. The van der Waals surface area contributed by atoms with Gasteiger partial charge in [0.15, 0.2) is 16.6 Å². The summed E-state index contributed by atoms with van der Waals surface area (Å²) in [6.07, 6.45) is 0. The highest BCUT2D eigenvalue weighted by molar-refractivity contribution is 7.99. The second kappa shape index (κ2) is 8.19. The number of nitrogens with zero attached hydrogens (tertiary/aromatic N) is 3. The Labute approximate surface area is 169 Å². The van der Waals surface area contributed by atoms with Crippen molar-refractivity contribution in [1.82, 2.24) is 19.6 Å². The molecule has 0 aliphatic heterocycles. The number of ether oxygens (including phenoxy) is 1. The maximum Gasteiger partial charge on any atom is 0.266 e. The van der Waals surface area contributed by atoms with Gasteiger partial charge in [0.05, 0.1) is 18.6 Å². The van der Waals surface area contributed by atoms with Gasteiger partial charge in [0.2, 0.25) is 5.91 Å². The first-order valence-electron chi connectivity index (χ1n) is 8.75. The SMILES string of the molecule is COc1ccccc1NC(=O)CSc1nc(-c2ccccc2)nc2cc(=O)[nH]n12. The van der Waals surface area contributed by atoms with Gasteiger partial charge in [-0.05, 0) is 12.1 Å². The smallest absolute Gasteiger partial charge is 0.266 e. The van der Waals surface area contributed by atoms with Gasteiger partial charge in [0, 0.05) is 11.6 Å². The lowest BCUT2D eigenvalue weighted by atomic mass is 10.2. The molecule has 1 amide bonds. The Morgan fingerprint density at radius 3 is 2.69 bits per heavy atom. The molecular weight excluding hydrogens is 390 g/mol. The summed E-state index contributed by atoms with van der Waals surface area (Å²) in [5, 5.41) is 5.95. The van der Waals surface area contributed by atoms with Gasteiger partial charge in [-0.15, -0.1) is 0 Å². The Balaban J connectivity index is 1.58. The first-order chi connectivity index (χ1) is 14.1. The molecule has 0 atom stereocenters. The number of carbonyl (C=O) groups excluding carboxylic acids is 1. The van der Waals surface area contributed by atoms with Crippen LogP contribution in [0.15, 0.2) is 70.6 Å². The Kier molecular flexibility index (Phi) is 5.30. The summed E-state index contributed by atoms with van der Waals surface area (Å²) >= 11 is 1.20. The van der Waals surface area contributed by atoms with Crippen LogP contribution in [-0.4, -0.2) is 38.4 Å². The number of aromatic amines is 1. The van der Waals surface area contributed by atoms with E-state index in [0.29, 0.717) is 28.1 Å². The number of nitrogens with one attached hydrogen (secondary N) is 2. The van der Waals surface area contributed by atoms with Gasteiger partial charge >= 0.3 is 0 Å². The molecule has 0 bridgehead atoms. The Morgan fingerprint density at radius 2 is 1.90 bits per heavy atom. The third-order valence-electron chi connectivity index (χ3n) is 4.07. The number of hydrogen-bond acceptors (Lipinski definition) is 6. The molecular formula is C20H17N5O3S. The van der Waals surface area contributed by atoms with E-state index < -0.39 is 0 Å². The highest BCUT2D eigenvalue weighted by atomic mass is 32.2. The number of hydrogen-bond donors (Lipinski definition) is 2. The number of fused-ring (bicyclic) bond motifs is 1. The number of carbonyl (C=O) groups is 1. The van der Waals surface area contributed by atoms with Crippen LogP contribution in [0.25, 0.3) is 17.0 Å². The maximum absolute atomic E-state index is 12.4. The first kappa shape index (κ1) is 18.8. The molecule has 0 aliphatic rings. The van der Waals surface area contributed by atoms with Crippen LogP contribution in [0, 0.1) is 0 Å². The van der Waals surface area contributed by atoms with Crippen LogP contribution >= 0.6 is 11.8 Å². The first-order valence-corrected chi connectivity index (χ1v) is 9.73. The third-order valence-corrected chi connectivity index (χ3v) is 5.01. The van der Waals surface area contributed by atoms with Gasteiger partial charge in [-0.2, -0.15) is 0 Å². The normalized spacial score (nSPS) is 10.8. The van der Waals surface area contributed by atoms with Crippen LogP contribution in [-0.2, 0) is 4.79 Å². The molecule has 0 fully saturated rings. The summed E-state index contributed by atoms with van der Waals surface area (Å²) in [6.45, 7) is 0. The largest absolute Gasteiger partial charge is 0.495 e. The van der Waals surface area contributed by atoms with E-state index in [4.69, 9.17) is 4.74 Å². The zero-order chi connectivity index (χ0) is 20.2. The maximum atomic E-state index is 12.4. The molecule has 0 unspecified atom stereocenters. The summed E-state index contributed by atoms with van der Waals surface area (Å²) in [6, 6.07) is 18.0. The summed E-state index contributed by atoms with van der Waals surface area (Å²) in [7, 11) is 1.55. The molecule has 146 valence electrons. The fourth-order valence-electron chi connectivity index (χ4n) is 2.76. The molecule has 4 aromatic rings. The Hall–Kier alpha value is -3.59. The van der Waals surface area contributed by atoms with E-state index >= 15 is 0 Å². The van der Waals surface area contributed by atoms with Crippen molar-refractivity contribution in [2.45, 2.75) is 5.16 Å². The molecule has 0 aliphatic carbocycles. The lowest BCUT2D eigenvalue weighted by Crippen LogP contribution is -2.15. The topological polar surface area (TPSA) is 101 Å². The summed E-state index contributed by atoms with van der Waals surface area (Å²) in [5.41, 5.74) is 1.57. The molecule has 4 rings (SSSR count). The average Bonchev–Trinajstić information content (AvgIpc) is 3.13. The zero-order valence-corrected chi connectivity index (χ0v) is 16.3. The van der Waals surface area contributed by atoms with E-state index in [2.05, 4.69) is 20.4 Å². The van der Waals surface area contributed by atoms with Crippen molar-refractivity contribution in [2.24, 2.45) is 0 Å². The van der Waals surface area contributed by atoms with Gasteiger partial charge in [-0.25, -0.2) is 14.5 Å². The molecule has 8 nitrogen and oxygen atoms in total. The molecule has 2 aromatic carbocycles. The number of H-pyrrole nitrogens is 1. The molecule has 0 spiro atoms. The van der Waals surface area contributed by atoms with Gasteiger partial charge in [-0.3, -0.25) is 14.7 Å². The molecule has 0 saturated heterocycles. The predicted molar refractivity (Wildman–Crippen MR) is 111 cm³/mol. The highest BCUT2D eigenvalue weighted by Gasteiger charge is 2.14. The minimum absolute atomic E-state index is 0.0958. The van der Waals surface area contributed by atoms with Crippen molar-refractivity contribution in [3.63, 3.8) is 0 Å². The van der Waals surface area contributed by atoms with Gasteiger partial charge in [0.1, 0.15) is 5.75 Å². The Morgan fingerprint density at radius 1 is 1.14 bits per heavy atom. The number of para-hydroxylation sites is 2. The van der Waals surface area contributed by atoms with Crippen molar-refractivity contribution >= 4 is 29.0 Å². The highest BCUT2D eigenvalue weighted by Crippen LogP contribution is 2.24. The summed E-state index contributed by atoms with van der Waals surface area (Å²) in [5.74, 6) is 0.939. The molecule has 9 heteroatoms. The minimum atomic E-state index is -0.287. The van der Waals surface area contributed by atoms with Crippen molar-refractivity contribution < 1.29 is 9.53 Å². The van der Waals surface area contributed by atoms with Crippen molar-refractivity contribution in [2.75, 3.05) is 18.2 Å². The second-order valence-electron chi connectivity index (χ2n) is 6.05. The van der Waals surface area contributed by atoms with E-state index in [9.17, 15) is 9.59 Å². The van der Waals surface area contributed by atoms with Crippen LogP contribution in [0.4, 0.5) is 5.69 Å². The second-order valence-corrected chi connectivity index (χ2v) is 6.99. The molecule has 2 heterocycles. The number of methoxy groups -OCH3 is 1. The lowest BCUT2D eigenvalue weighted by Gasteiger charge is -2.10. The number of amides is 1. The van der Waals surface area contributed by atoms with E-state index in [1.807, 2.05) is 42.5 Å². The van der Waals surface area contributed by atoms with Crippen LogP contribution in [0.3, 0.4) is 0 Å². The van der Waals surface area contributed by atoms with Crippen LogP contribution in [0.1, 0.15) is 0 Å². The van der Waals surface area contributed by atoms with E-state index in [-0.39, 0.29) is 17.2 Å². The minimum Gasteiger partial charge on any atom is -0.495 e. The average molecular weight is 407 g/mol. The van der Waals surface area contributed by atoms with Gasteiger partial charge < -0.3 is 10.1 Å². The monoisotopic (exact) mass is 407 g/mol. The third kappa shape index (κ3) is 4.14. The molecule has 2 aromatic heterocycles. The summed E-state index contributed by atoms with van der Waals surface area (Å²) < 4.78 is 6.73. The van der Waals surface area contributed by atoms with Gasteiger partial charge in [-0.1, -0.05) is 54.2 Å². The number of anilines is 1. The van der Waals surface area contributed by atoms with E-state index in [1.165, 1.54) is 22.3 Å². The van der Waals surface area contributed by atoms with Crippen molar-refractivity contribution in [3.8, 4) is 17.1 Å².